The standard InChI is InChI=1S/C17H21N3O2/c1-17(2,3)22-16(21)20-15-11-7-6-9-13(15)14(18-20)10-8-12-19(4)5/h6-7,9,11H,12H2,1-5H3. The highest BCUT2D eigenvalue weighted by Gasteiger charge is 2.21. The van der Waals surface area contributed by atoms with Crippen LogP contribution in [0.25, 0.3) is 10.9 Å². The van der Waals surface area contributed by atoms with Crippen molar-refractivity contribution >= 4 is 17.0 Å². The van der Waals surface area contributed by atoms with E-state index >= 15 is 0 Å². The molecular weight excluding hydrogens is 278 g/mol. The first-order valence-electron chi connectivity index (χ1n) is 7.12. The van der Waals surface area contributed by atoms with Crippen LogP contribution >= 0.6 is 0 Å². The largest absolute Gasteiger partial charge is 0.442 e. The second-order valence-electron chi connectivity index (χ2n) is 6.30. The summed E-state index contributed by atoms with van der Waals surface area (Å²) in [5, 5.41) is 5.17. The summed E-state index contributed by atoms with van der Waals surface area (Å²) in [6, 6.07) is 7.51. The van der Waals surface area contributed by atoms with Crippen molar-refractivity contribution in [3.8, 4) is 11.8 Å². The molecule has 0 unspecified atom stereocenters. The van der Waals surface area contributed by atoms with E-state index in [4.69, 9.17) is 4.74 Å². The fourth-order valence-electron chi connectivity index (χ4n) is 1.88. The molecule has 2 rings (SSSR count). The van der Waals surface area contributed by atoms with Gasteiger partial charge < -0.3 is 4.74 Å². The number of benzene rings is 1. The molecule has 1 aromatic carbocycles. The van der Waals surface area contributed by atoms with Crippen LogP contribution in [0, 0.1) is 11.8 Å². The van der Waals surface area contributed by atoms with Gasteiger partial charge in [-0.2, -0.15) is 9.78 Å². The Bertz CT molecular complexity index is 743. The highest BCUT2D eigenvalue weighted by Crippen LogP contribution is 2.19. The minimum absolute atomic E-state index is 0.496. The summed E-state index contributed by atoms with van der Waals surface area (Å²) < 4.78 is 6.67. The van der Waals surface area contributed by atoms with Gasteiger partial charge in [0.05, 0.1) is 12.1 Å². The molecule has 0 amide bonds. The van der Waals surface area contributed by atoms with Crippen LogP contribution in [0.3, 0.4) is 0 Å². The van der Waals surface area contributed by atoms with E-state index in [2.05, 4.69) is 16.9 Å². The predicted octanol–water partition coefficient (Wildman–Crippen LogP) is 2.73. The van der Waals surface area contributed by atoms with Crippen LogP contribution in [-0.2, 0) is 4.74 Å². The minimum atomic E-state index is -0.569. The van der Waals surface area contributed by atoms with Gasteiger partial charge in [0, 0.05) is 5.39 Å². The Hall–Kier alpha value is -2.32. The Kier molecular flexibility index (Phi) is 4.53. The summed E-state index contributed by atoms with van der Waals surface area (Å²) in [6.45, 7) is 6.12. The molecular formula is C17H21N3O2. The molecule has 5 heteroatoms. The van der Waals surface area contributed by atoms with E-state index in [1.807, 2.05) is 64.0 Å². The van der Waals surface area contributed by atoms with Gasteiger partial charge in [0.2, 0.25) is 0 Å². The number of rotatable bonds is 1. The minimum Gasteiger partial charge on any atom is -0.442 e. The topological polar surface area (TPSA) is 47.4 Å². The van der Waals surface area contributed by atoms with E-state index in [-0.39, 0.29) is 0 Å². The number of carbonyl (C=O) groups is 1. The lowest BCUT2D eigenvalue weighted by Crippen LogP contribution is -2.27. The number of fused-ring (bicyclic) bond motifs is 1. The Morgan fingerprint density at radius 3 is 2.64 bits per heavy atom. The predicted molar refractivity (Wildman–Crippen MR) is 86.8 cm³/mol. The average Bonchev–Trinajstić information content (AvgIpc) is 2.76. The normalized spacial score (nSPS) is 11.4. The van der Waals surface area contributed by atoms with Crippen LogP contribution < -0.4 is 0 Å². The summed E-state index contributed by atoms with van der Waals surface area (Å²) in [5.41, 5.74) is 0.718. The molecule has 0 bridgehead atoms. The quantitative estimate of drug-likeness (QED) is 0.760. The molecule has 0 aliphatic heterocycles. The van der Waals surface area contributed by atoms with E-state index < -0.39 is 11.7 Å². The number of aromatic nitrogens is 2. The first-order chi connectivity index (χ1) is 10.3. The SMILES string of the molecule is CN(C)CC#Cc1nn(C(=O)OC(C)(C)C)c2ccccc12. The molecule has 0 spiro atoms. The average molecular weight is 299 g/mol. The van der Waals surface area contributed by atoms with Gasteiger partial charge in [0.1, 0.15) is 11.3 Å². The van der Waals surface area contributed by atoms with Gasteiger partial charge in [-0.15, -0.1) is 0 Å². The molecule has 0 atom stereocenters. The zero-order valence-electron chi connectivity index (χ0n) is 13.7. The van der Waals surface area contributed by atoms with Gasteiger partial charge in [-0.25, -0.2) is 4.79 Å². The Morgan fingerprint density at radius 2 is 2.00 bits per heavy atom. The Labute approximate surface area is 130 Å². The van der Waals surface area contributed by atoms with E-state index in [0.717, 1.165) is 5.39 Å². The summed E-state index contributed by atoms with van der Waals surface area (Å²) >= 11 is 0. The molecule has 116 valence electrons. The number of carbonyl (C=O) groups excluding carboxylic acids is 1. The third-order valence-electron chi connectivity index (χ3n) is 2.76. The third kappa shape index (κ3) is 3.86. The third-order valence-corrected chi connectivity index (χ3v) is 2.76. The van der Waals surface area contributed by atoms with E-state index in [0.29, 0.717) is 17.8 Å². The maximum Gasteiger partial charge on any atom is 0.435 e. The van der Waals surface area contributed by atoms with Gasteiger partial charge >= 0.3 is 6.09 Å². The number of nitrogens with zero attached hydrogens (tertiary/aromatic N) is 3. The summed E-state index contributed by atoms with van der Waals surface area (Å²) in [4.78, 5) is 14.3. The maximum absolute atomic E-state index is 12.3. The monoisotopic (exact) mass is 299 g/mol. The summed E-state index contributed by atoms with van der Waals surface area (Å²) in [7, 11) is 3.90. The number of ether oxygens (including phenoxy) is 1. The molecule has 2 aromatic rings. The lowest BCUT2D eigenvalue weighted by atomic mass is 10.2. The van der Waals surface area contributed by atoms with Crippen LogP contribution in [-0.4, -0.2) is 47.0 Å². The second-order valence-corrected chi connectivity index (χ2v) is 6.30. The number of hydrogen-bond donors (Lipinski definition) is 0. The molecule has 0 aliphatic carbocycles. The molecule has 0 radical (unpaired) electrons. The first-order valence-corrected chi connectivity index (χ1v) is 7.12. The first kappa shape index (κ1) is 16.1. The van der Waals surface area contributed by atoms with Crippen LogP contribution in [0.2, 0.25) is 0 Å². The van der Waals surface area contributed by atoms with Crippen molar-refractivity contribution in [2.24, 2.45) is 0 Å². The van der Waals surface area contributed by atoms with Crippen molar-refractivity contribution in [3.05, 3.63) is 30.0 Å². The molecule has 0 N–H and O–H groups in total. The highest BCUT2D eigenvalue weighted by atomic mass is 16.6. The van der Waals surface area contributed by atoms with Crippen molar-refractivity contribution in [1.82, 2.24) is 14.7 Å². The zero-order chi connectivity index (χ0) is 16.3. The van der Waals surface area contributed by atoms with E-state index in [1.165, 1.54) is 4.68 Å². The van der Waals surface area contributed by atoms with Crippen LogP contribution in [0.1, 0.15) is 26.5 Å². The molecule has 22 heavy (non-hydrogen) atoms. The highest BCUT2D eigenvalue weighted by molar-refractivity contribution is 5.91. The summed E-state index contributed by atoms with van der Waals surface area (Å²) in [5.74, 6) is 6.07. The number of para-hydroxylation sites is 1. The van der Waals surface area contributed by atoms with E-state index in [1.54, 1.807) is 0 Å². The van der Waals surface area contributed by atoms with Crippen molar-refractivity contribution in [3.63, 3.8) is 0 Å². The molecule has 0 saturated heterocycles. The van der Waals surface area contributed by atoms with Crippen LogP contribution in [0.5, 0.6) is 0 Å². The van der Waals surface area contributed by atoms with Gasteiger partial charge in [-0.1, -0.05) is 18.1 Å². The van der Waals surface area contributed by atoms with Gasteiger partial charge in [-0.05, 0) is 52.9 Å². The zero-order valence-corrected chi connectivity index (χ0v) is 13.7. The molecule has 1 aromatic heterocycles. The molecule has 0 aliphatic rings. The van der Waals surface area contributed by atoms with E-state index in [9.17, 15) is 4.79 Å². The van der Waals surface area contributed by atoms with Crippen molar-refractivity contribution in [2.45, 2.75) is 26.4 Å². The molecule has 0 fully saturated rings. The van der Waals surface area contributed by atoms with Gasteiger partial charge in [-0.3, -0.25) is 4.90 Å². The lowest BCUT2D eigenvalue weighted by molar-refractivity contribution is 0.0522. The van der Waals surface area contributed by atoms with Crippen LogP contribution in [0.15, 0.2) is 24.3 Å². The van der Waals surface area contributed by atoms with Gasteiger partial charge in [0.25, 0.3) is 0 Å². The van der Waals surface area contributed by atoms with Gasteiger partial charge in [0.15, 0.2) is 0 Å². The maximum atomic E-state index is 12.3. The Morgan fingerprint density at radius 1 is 1.32 bits per heavy atom. The summed E-state index contributed by atoms with van der Waals surface area (Å²) in [6.07, 6.45) is -0.496. The van der Waals surface area contributed by atoms with Crippen molar-refractivity contribution in [1.29, 1.82) is 0 Å². The molecule has 0 saturated carbocycles. The molecule has 5 nitrogen and oxygen atoms in total. The second kappa shape index (κ2) is 6.20. The smallest absolute Gasteiger partial charge is 0.435 e. The van der Waals surface area contributed by atoms with Crippen molar-refractivity contribution < 1.29 is 9.53 Å². The van der Waals surface area contributed by atoms with Crippen molar-refractivity contribution in [2.75, 3.05) is 20.6 Å². The fraction of sp³-hybridized carbons (Fsp3) is 0.412. The number of hydrogen-bond acceptors (Lipinski definition) is 4. The van der Waals surface area contributed by atoms with Crippen LogP contribution in [0.4, 0.5) is 4.79 Å². The molecule has 1 heterocycles. The lowest BCUT2D eigenvalue weighted by Gasteiger charge is -2.19. The fourth-order valence-corrected chi connectivity index (χ4v) is 1.88. The Balaban J connectivity index is 2.43.